The van der Waals surface area contributed by atoms with E-state index >= 15 is 0 Å². The zero-order chi connectivity index (χ0) is 14.9. The van der Waals surface area contributed by atoms with E-state index < -0.39 is 4.92 Å². The summed E-state index contributed by atoms with van der Waals surface area (Å²) in [7, 11) is 0. The molecule has 0 bridgehead atoms. The molecular weight excluding hydrogens is 256 g/mol. The van der Waals surface area contributed by atoms with Gasteiger partial charge in [0.15, 0.2) is 5.78 Å². The van der Waals surface area contributed by atoms with E-state index in [9.17, 15) is 14.9 Å². The van der Waals surface area contributed by atoms with E-state index in [2.05, 4.69) is 18.7 Å². The summed E-state index contributed by atoms with van der Waals surface area (Å²) >= 11 is 0. The fourth-order valence-electron chi connectivity index (χ4n) is 2.92. The molecule has 20 heavy (non-hydrogen) atoms. The lowest BCUT2D eigenvalue weighted by atomic mass is 10.0. The lowest BCUT2D eigenvalue weighted by molar-refractivity contribution is -0.384. The van der Waals surface area contributed by atoms with Crippen LogP contribution in [0.2, 0.25) is 0 Å². The Balaban J connectivity index is 2.45. The third kappa shape index (κ3) is 2.66. The van der Waals surface area contributed by atoms with Gasteiger partial charge in [0.2, 0.25) is 0 Å². The van der Waals surface area contributed by atoms with E-state index in [1.807, 2.05) is 0 Å². The Hall–Kier alpha value is -1.91. The molecule has 1 aromatic rings. The van der Waals surface area contributed by atoms with Crippen LogP contribution >= 0.6 is 0 Å². The third-order valence-corrected chi connectivity index (χ3v) is 3.96. The molecule has 0 radical (unpaired) electrons. The number of nitro groups is 1. The van der Waals surface area contributed by atoms with Crippen molar-refractivity contribution in [2.75, 3.05) is 11.4 Å². The fourth-order valence-corrected chi connectivity index (χ4v) is 2.92. The number of hydrogen-bond acceptors (Lipinski definition) is 4. The first-order valence-corrected chi connectivity index (χ1v) is 6.98. The van der Waals surface area contributed by atoms with Crippen LogP contribution in [-0.4, -0.2) is 23.3 Å². The summed E-state index contributed by atoms with van der Waals surface area (Å²) in [5.41, 5.74) is 1.06. The number of carbonyl (C=O) groups is 1. The maximum atomic E-state index is 11.4. The second-order valence-corrected chi connectivity index (χ2v) is 5.66. The minimum atomic E-state index is -0.391. The monoisotopic (exact) mass is 276 g/mol. The number of benzene rings is 1. The maximum Gasteiger partial charge on any atom is 0.293 e. The van der Waals surface area contributed by atoms with Crippen LogP contribution in [0.4, 0.5) is 11.4 Å². The number of anilines is 1. The highest BCUT2D eigenvalue weighted by Crippen LogP contribution is 2.36. The molecule has 1 unspecified atom stereocenters. The molecule has 1 aliphatic heterocycles. The fraction of sp³-hybridized carbons (Fsp3) is 0.533. The van der Waals surface area contributed by atoms with Crippen molar-refractivity contribution >= 4 is 17.2 Å². The summed E-state index contributed by atoms with van der Waals surface area (Å²) in [4.78, 5) is 24.4. The highest BCUT2D eigenvalue weighted by molar-refractivity contribution is 5.95. The van der Waals surface area contributed by atoms with Crippen molar-refractivity contribution in [2.45, 2.75) is 39.7 Å². The average Bonchev–Trinajstić information content (AvgIpc) is 2.86. The highest BCUT2D eigenvalue weighted by Gasteiger charge is 2.31. The molecule has 1 aromatic carbocycles. The summed E-state index contributed by atoms with van der Waals surface area (Å²) in [5.74, 6) is 0.297. The van der Waals surface area contributed by atoms with Crippen LogP contribution in [0.5, 0.6) is 0 Å². The summed E-state index contributed by atoms with van der Waals surface area (Å²) in [6.07, 6.45) is 2.11. The van der Waals surface area contributed by atoms with Gasteiger partial charge in [0, 0.05) is 24.2 Å². The van der Waals surface area contributed by atoms with Crippen LogP contribution in [0.15, 0.2) is 18.2 Å². The minimum Gasteiger partial charge on any atom is -0.363 e. The van der Waals surface area contributed by atoms with E-state index in [1.165, 1.54) is 13.0 Å². The van der Waals surface area contributed by atoms with Gasteiger partial charge in [-0.05, 0) is 37.8 Å². The van der Waals surface area contributed by atoms with Gasteiger partial charge in [0.05, 0.1) is 4.92 Å². The Morgan fingerprint density at radius 1 is 1.45 bits per heavy atom. The summed E-state index contributed by atoms with van der Waals surface area (Å²) in [6.45, 7) is 6.53. The number of Topliss-reactive ketones (excluding diaryl/α,β-unsaturated/α-hetero) is 1. The summed E-state index contributed by atoms with van der Waals surface area (Å²) in [5, 5.41) is 11.3. The molecule has 1 atom stereocenters. The Bertz CT molecular complexity index is 540. The van der Waals surface area contributed by atoms with E-state index in [4.69, 9.17) is 0 Å². The van der Waals surface area contributed by atoms with Gasteiger partial charge in [0.25, 0.3) is 5.69 Å². The van der Waals surface area contributed by atoms with Gasteiger partial charge in [-0.3, -0.25) is 14.9 Å². The van der Waals surface area contributed by atoms with Crippen molar-refractivity contribution in [3.05, 3.63) is 33.9 Å². The molecule has 1 fully saturated rings. The number of nitro benzene ring substituents is 1. The molecule has 1 saturated heterocycles. The van der Waals surface area contributed by atoms with E-state index in [-0.39, 0.29) is 11.5 Å². The van der Waals surface area contributed by atoms with Gasteiger partial charge in [-0.25, -0.2) is 0 Å². The highest BCUT2D eigenvalue weighted by atomic mass is 16.6. The quantitative estimate of drug-likeness (QED) is 0.480. The van der Waals surface area contributed by atoms with Crippen molar-refractivity contribution in [3.8, 4) is 0 Å². The van der Waals surface area contributed by atoms with Gasteiger partial charge in [-0.2, -0.15) is 0 Å². The second kappa shape index (κ2) is 5.61. The molecule has 5 heteroatoms. The number of ketones is 1. The van der Waals surface area contributed by atoms with Crippen LogP contribution in [0, 0.1) is 16.0 Å². The zero-order valence-corrected chi connectivity index (χ0v) is 12.1. The number of rotatable bonds is 4. The van der Waals surface area contributed by atoms with Crippen molar-refractivity contribution in [1.29, 1.82) is 0 Å². The van der Waals surface area contributed by atoms with Crippen molar-refractivity contribution in [2.24, 2.45) is 5.92 Å². The van der Waals surface area contributed by atoms with Crippen LogP contribution in [0.25, 0.3) is 0 Å². The molecule has 2 rings (SSSR count). The molecule has 1 heterocycles. The Morgan fingerprint density at radius 2 is 2.15 bits per heavy atom. The molecule has 1 aliphatic rings. The standard InChI is InChI=1S/C15H20N2O3/c1-10(2)13-5-4-8-16(13)14-7-6-12(11(3)18)9-15(14)17(19)20/h6-7,9-10,13H,4-5,8H2,1-3H3. The van der Waals surface area contributed by atoms with Crippen LogP contribution in [0.1, 0.15) is 44.0 Å². The first-order chi connectivity index (χ1) is 9.41. The Kier molecular flexibility index (Phi) is 4.06. The normalized spacial score (nSPS) is 18.6. The number of carbonyl (C=O) groups excluding carboxylic acids is 1. The molecule has 0 aromatic heterocycles. The lowest BCUT2D eigenvalue weighted by Crippen LogP contribution is -2.33. The number of hydrogen-bond donors (Lipinski definition) is 0. The van der Waals surface area contributed by atoms with Crippen LogP contribution < -0.4 is 4.90 Å². The van der Waals surface area contributed by atoms with E-state index in [1.54, 1.807) is 12.1 Å². The molecule has 108 valence electrons. The Morgan fingerprint density at radius 3 is 2.70 bits per heavy atom. The topological polar surface area (TPSA) is 63.5 Å². The van der Waals surface area contributed by atoms with Gasteiger partial charge in [-0.1, -0.05) is 13.8 Å². The second-order valence-electron chi connectivity index (χ2n) is 5.66. The van der Waals surface area contributed by atoms with Gasteiger partial charge >= 0.3 is 0 Å². The van der Waals surface area contributed by atoms with Crippen molar-refractivity contribution < 1.29 is 9.72 Å². The third-order valence-electron chi connectivity index (χ3n) is 3.96. The molecule has 0 spiro atoms. The van der Waals surface area contributed by atoms with E-state index in [0.717, 1.165) is 19.4 Å². The molecule has 5 nitrogen and oxygen atoms in total. The summed E-state index contributed by atoms with van der Waals surface area (Å²) < 4.78 is 0. The van der Waals surface area contributed by atoms with Gasteiger partial charge in [0.1, 0.15) is 5.69 Å². The first-order valence-electron chi connectivity index (χ1n) is 6.98. The molecule has 0 N–H and O–H groups in total. The van der Waals surface area contributed by atoms with Crippen LogP contribution in [-0.2, 0) is 0 Å². The maximum absolute atomic E-state index is 11.4. The van der Waals surface area contributed by atoms with E-state index in [0.29, 0.717) is 23.2 Å². The van der Waals surface area contributed by atoms with Crippen molar-refractivity contribution in [1.82, 2.24) is 0 Å². The Labute approximate surface area is 118 Å². The van der Waals surface area contributed by atoms with Gasteiger partial charge < -0.3 is 4.90 Å². The largest absolute Gasteiger partial charge is 0.363 e. The minimum absolute atomic E-state index is 0.0326. The predicted molar refractivity (Wildman–Crippen MR) is 78.3 cm³/mol. The average molecular weight is 276 g/mol. The summed E-state index contributed by atoms with van der Waals surface area (Å²) in [6, 6.07) is 5.13. The predicted octanol–water partition coefficient (Wildman–Crippen LogP) is 3.42. The molecular formula is C15H20N2O3. The SMILES string of the molecule is CC(=O)c1ccc(N2CCCC2C(C)C)c([N+](=O)[O-])c1. The zero-order valence-electron chi connectivity index (χ0n) is 12.1. The molecule has 0 aliphatic carbocycles. The van der Waals surface area contributed by atoms with Crippen LogP contribution in [0.3, 0.4) is 0 Å². The van der Waals surface area contributed by atoms with Gasteiger partial charge in [-0.15, -0.1) is 0 Å². The van der Waals surface area contributed by atoms with Crippen molar-refractivity contribution in [3.63, 3.8) is 0 Å². The first kappa shape index (κ1) is 14.5. The smallest absolute Gasteiger partial charge is 0.293 e. The lowest BCUT2D eigenvalue weighted by Gasteiger charge is -2.29. The molecule has 0 saturated carbocycles. The molecule has 0 amide bonds. The number of nitrogens with zero attached hydrogens (tertiary/aromatic N) is 2.